The Morgan fingerprint density at radius 2 is 1.67 bits per heavy atom. The molecule has 0 saturated heterocycles. The summed E-state index contributed by atoms with van der Waals surface area (Å²) < 4.78 is 11.6. The summed E-state index contributed by atoms with van der Waals surface area (Å²) in [6.45, 7) is 13.8. The van der Waals surface area contributed by atoms with E-state index in [1.807, 2.05) is 13.3 Å². The lowest BCUT2D eigenvalue weighted by Crippen LogP contribution is -2.26. The van der Waals surface area contributed by atoms with Gasteiger partial charge in [-0.15, -0.1) is 0 Å². The number of aryl methyl sites for hydroxylation is 1. The third-order valence-electron chi connectivity index (χ3n) is 5.69. The van der Waals surface area contributed by atoms with Crippen molar-refractivity contribution < 1.29 is 9.47 Å². The van der Waals surface area contributed by atoms with Crippen LogP contribution in [0.5, 0.6) is 5.75 Å². The molecule has 0 fully saturated rings. The topological polar surface area (TPSA) is 30.8 Å². The summed E-state index contributed by atoms with van der Waals surface area (Å²) in [5.74, 6) is 0.993. The number of methoxy groups -OCH3 is 1. The number of ether oxygens (including phenoxy) is 2. The van der Waals surface area contributed by atoms with Crippen molar-refractivity contribution in [2.45, 2.75) is 65.0 Å². The zero-order chi connectivity index (χ0) is 22.4. The maximum atomic E-state index is 6.28. The van der Waals surface area contributed by atoms with Gasteiger partial charge in [0.15, 0.2) is 6.79 Å². The highest BCUT2D eigenvalue weighted by Crippen LogP contribution is 2.52. The van der Waals surface area contributed by atoms with Crippen LogP contribution in [0.1, 0.15) is 69.7 Å². The van der Waals surface area contributed by atoms with Crippen LogP contribution < -0.4 is 10.0 Å². The fourth-order valence-electron chi connectivity index (χ4n) is 3.95. The number of rotatable bonds is 9. The van der Waals surface area contributed by atoms with E-state index in [0.717, 1.165) is 18.6 Å². The minimum atomic E-state index is -0.0209. The monoisotopic (exact) mass is 427 g/mol. The van der Waals surface area contributed by atoms with Crippen molar-refractivity contribution in [3.8, 4) is 5.75 Å². The highest BCUT2D eigenvalue weighted by atomic mass is 31.1. The van der Waals surface area contributed by atoms with Crippen LogP contribution in [-0.2, 0) is 15.3 Å². The van der Waals surface area contributed by atoms with E-state index in [0.29, 0.717) is 8.58 Å². The van der Waals surface area contributed by atoms with Gasteiger partial charge in [0.25, 0.3) is 0 Å². The second-order valence-electron chi connectivity index (χ2n) is 8.88. The zero-order valence-corrected chi connectivity index (χ0v) is 20.9. The van der Waals surface area contributed by atoms with Crippen molar-refractivity contribution in [1.82, 2.24) is 0 Å². The lowest BCUT2D eigenvalue weighted by Gasteiger charge is -2.37. The first-order valence-electron chi connectivity index (χ1n) is 10.8. The molecule has 0 aliphatic heterocycles. The fourth-order valence-corrected chi connectivity index (χ4v) is 5.62. The summed E-state index contributed by atoms with van der Waals surface area (Å²) in [6.07, 6.45) is 4.05. The lowest BCUT2D eigenvalue weighted by molar-refractivity contribution is 0.0485. The summed E-state index contributed by atoms with van der Waals surface area (Å²) >= 11 is 0. The summed E-state index contributed by atoms with van der Waals surface area (Å²) in [4.78, 5) is 4.28. The molecule has 0 amide bonds. The number of aliphatic imine (C=N–C) groups is 1. The smallest absolute Gasteiger partial charge is 0.188 e. The molecule has 2 aromatic rings. The molecule has 0 spiro atoms. The van der Waals surface area contributed by atoms with E-state index < -0.39 is 0 Å². The SMILES string of the molecule is CCC(CC)(Pc1ccccc1/C=N/C)c1cc(C)cc(C(C)(C)C)c1OCOC. The molecule has 1 unspecified atom stereocenters. The minimum absolute atomic E-state index is 0.00716. The molecule has 0 aromatic heterocycles. The van der Waals surface area contributed by atoms with Crippen LogP contribution in [-0.4, -0.2) is 27.2 Å². The van der Waals surface area contributed by atoms with Crippen LogP contribution in [0.3, 0.4) is 0 Å². The second-order valence-corrected chi connectivity index (χ2v) is 10.6. The van der Waals surface area contributed by atoms with Gasteiger partial charge in [0.1, 0.15) is 5.75 Å². The van der Waals surface area contributed by atoms with Gasteiger partial charge in [0.05, 0.1) is 0 Å². The van der Waals surface area contributed by atoms with Crippen LogP contribution in [0.4, 0.5) is 0 Å². The summed E-state index contributed by atoms with van der Waals surface area (Å²) in [5, 5.41) is 1.34. The number of hydrogen-bond acceptors (Lipinski definition) is 3. The van der Waals surface area contributed by atoms with Crippen molar-refractivity contribution in [1.29, 1.82) is 0 Å². The van der Waals surface area contributed by atoms with Gasteiger partial charge >= 0.3 is 0 Å². The Balaban J connectivity index is 2.73. The Morgan fingerprint density at radius 1 is 1.03 bits per heavy atom. The Labute approximate surface area is 185 Å². The van der Waals surface area contributed by atoms with Crippen molar-refractivity contribution >= 4 is 20.1 Å². The Morgan fingerprint density at radius 3 is 2.23 bits per heavy atom. The fraction of sp³-hybridized carbons (Fsp3) is 0.500. The predicted octanol–water partition coefficient (Wildman–Crippen LogP) is 6.34. The maximum Gasteiger partial charge on any atom is 0.188 e. The minimum Gasteiger partial charge on any atom is -0.467 e. The molecule has 4 heteroatoms. The van der Waals surface area contributed by atoms with E-state index in [9.17, 15) is 0 Å². The van der Waals surface area contributed by atoms with Crippen LogP contribution >= 0.6 is 8.58 Å². The van der Waals surface area contributed by atoms with E-state index >= 15 is 0 Å². The van der Waals surface area contributed by atoms with Crippen LogP contribution in [0.25, 0.3) is 0 Å². The molecule has 2 rings (SSSR count). The van der Waals surface area contributed by atoms with Gasteiger partial charge in [0, 0.05) is 36.7 Å². The molecular weight excluding hydrogens is 389 g/mol. The largest absolute Gasteiger partial charge is 0.467 e. The van der Waals surface area contributed by atoms with Crippen LogP contribution in [0, 0.1) is 6.92 Å². The molecule has 0 N–H and O–H groups in total. The van der Waals surface area contributed by atoms with Gasteiger partial charge in [-0.1, -0.05) is 85.2 Å². The molecule has 3 nitrogen and oxygen atoms in total. The molecule has 2 aromatic carbocycles. The highest BCUT2D eigenvalue weighted by molar-refractivity contribution is 7.48. The molecule has 1 atom stereocenters. The van der Waals surface area contributed by atoms with Gasteiger partial charge < -0.3 is 9.47 Å². The Bertz CT molecular complexity index is 864. The highest BCUT2D eigenvalue weighted by Gasteiger charge is 2.35. The summed E-state index contributed by atoms with van der Waals surface area (Å²) in [7, 11) is 4.13. The quantitative estimate of drug-likeness (QED) is 0.265. The van der Waals surface area contributed by atoms with E-state index in [2.05, 4.69) is 82.9 Å². The Kier molecular flexibility index (Phi) is 8.64. The lowest BCUT2D eigenvalue weighted by atomic mass is 9.80. The van der Waals surface area contributed by atoms with Gasteiger partial charge in [-0.25, -0.2) is 0 Å². The first-order valence-corrected chi connectivity index (χ1v) is 11.8. The molecule has 0 heterocycles. The third kappa shape index (κ3) is 5.50. The molecule has 30 heavy (non-hydrogen) atoms. The Hall–Kier alpha value is -1.70. The van der Waals surface area contributed by atoms with E-state index in [1.54, 1.807) is 7.11 Å². The van der Waals surface area contributed by atoms with Crippen molar-refractivity contribution in [3.63, 3.8) is 0 Å². The standard InChI is InChI=1S/C26H38NO2P/c1-9-26(10-2,30-23-14-12-11-13-20(23)17-27-7)22-16-19(3)15-21(25(4,5)6)24(22)29-18-28-8/h11-17,30H,9-10,18H2,1-8H3/b27-17+. The van der Waals surface area contributed by atoms with Crippen molar-refractivity contribution in [3.05, 3.63) is 58.7 Å². The first kappa shape index (κ1) is 24.6. The summed E-state index contributed by atoms with van der Waals surface area (Å²) in [6, 6.07) is 13.2. The summed E-state index contributed by atoms with van der Waals surface area (Å²) in [5.41, 5.74) is 5.00. The van der Waals surface area contributed by atoms with Gasteiger partial charge in [-0.2, -0.15) is 0 Å². The van der Waals surface area contributed by atoms with E-state index in [-0.39, 0.29) is 17.4 Å². The third-order valence-corrected chi connectivity index (χ3v) is 7.87. The van der Waals surface area contributed by atoms with Gasteiger partial charge in [0.2, 0.25) is 0 Å². The molecule has 0 radical (unpaired) electrons. The van der Waals surface area contributed by atoms with Gasteiger partial charge in [-0.05, 0) is 36.0 Å². The number of benzene rings is 2. The second kappa shape index (κ2) is 10.6. The number of nitrogens with zero attached hydrogens (tertiary/aromatic N) is 1. The molecule has 0 saturated carbocycles. The molecule has 0 aliphatic carbocycles. The van der Waals surface area contributed by atoms with E-state index in [4.69, 9.17) is 9.47 Å². The van der Waals surface area contributed by atoms with Crippen LogP contribution in [0.2, 0.25) is 0 Å². The van der Waals surface area contributed by atoms with Crippen molar-refractivity contribution in [2.24, 2.45) is 4.99 Å². The molecular formula is C26H38NO2P. The molecule has 0 bridgehead atoms. The molecule has 0 aliphatic rings. The maximum absolute atomic E-state index is 6.28. The molecule has 164 valence electrons. The van der Waals surface area contributed by atoms with E-state index in [1.165, 1.54) is 27.6 Å². The van der Waals surface area contributed by atoms with Crippen molar-refractivity contribution in [2.75, 3.05) is 21.0 Å². The first-order chi connectivity index (χ1) is 14.2. The van der Waals surface area contributed by atoms with Crippen LogP contribution in [0.15, 0.2) is 41.4 Å². The average molecular weight is 428 g/mol. The van der Waals surface area contributed by atoms with Gasteiger partial charge in [-0.3, -0.25) is 4.99 Å². The normalized spacial score (nSPS) is 12.9. The zero-order valence-electron chi connectivity index (χ0n) is 19.9. The number of hydrogen-bond donors (Lipinski definition) is 0. The average Bonchev–Trinajstić information content (AvgIpc) is 2.71. The predicted molar refractivity (Wildman–Crippen MR) is 133 cm³/mol.